The highest BCUT2D eigenvalue weighted by atomic mass is 32.2. The number of carbonyl (C=O) groups excluding carboxylic acids is 1. The van der Waals surface area contributed by atoms with Crippen molar-refractivity contribution in [3.05, 3.63) is 54.4 Å². The van der Waals surface area contributed by atoms with Gasteiger partial charge in [0.05, 0.1) is 22.3 Å². The number of benzene rings is 1. The van der Waals surface area contributed by atoms with Gasteiger partial charge in [-0.3, -0.25) is 9.78 Å². The number of sulfone groups is 1. The Labute approximate surface area is 142 Å². The van der Waals surface area contributed by atoms with Crippen molar-refractivity contribution < 1.29 is 26.4 Å². The summed E-state index contributed by atoms with van der Waals surface area (Å²) in [6, 6.07) is 6.12. The third kappa shape index (κ3) is 3.81. The van der Waals surface area contributed by atoms with Crippen molar-refractivity contribution in [3.8, 4) is 0 Å². The number of anilines is 1. The van der Waals surface area contributed by atoms with Gasteiger partial charge in [0, 0.05) is 6.20 Å². The van der Waals surface area contributed by atoms with E-state index in [0.717, 1.165) is 12.1 Å². The summed E-state index contributed by atoms with van der Waals surface area (Å²) in [7, 11) is -4.22. The minimum absolute atomic E-state index is 0.309. The molecule has 2 rings (SSSR count). The number of hydrogen-bond acceptors (Lipinski definition) is 4. The van der Waals surface area contributed by atoms with Crippen molar-refractivity contribution in [2.45, 2.75) is 29.7 Å². The van der Waals surface area contributed by atoms with Gasteiger partial charge in [0.25, 0.3) is 0 Å². The lowest BCUT2D eigenvalue weighted by Gasteiger charge is -2.24. The van der Waals surface area contributed by atoms with Crippen LogP contribution in [0, 0.1) is 0 Å². The van der Waals surface area contributed by atoms with Gasteiger partial charge in [-0.15, -0.1) is 0 Å². The van der Waals surface area contributed by atoms with Gasteiger partial charge in [0.2, 0.25) is 5.91 Å². The molecule has 2 aromatic rings. The summed E-state index contributed by atoms with van der Waals surface area (Å²) in [5, 5.41) is 2.43. The van der Waals surface area contributed by atoms with Crippen LogP contribution in [0.1, 0.15) is 19.4 Å². The van der Waals surface area contributed by atoms with Crippen LogP contribution in [0.2, 0.25) is 0 Å². The van der Waals surface area contributed by atoms with Crippen LogP contribution in [-0.4, -0.2) is 24.1 Å². The molecular formula is C16H15F3N2O3S. The van der Waals surface area contributed by atoms with E-state index < -0.39 is 32.2 Å². The van der Waals surface area contributed by atoms with Gasteiger partial charge in [-0.1, -0.05) is 0 Å². The van der Waals surface area contributed by atoms with E-state index >= 15 is 0 Å². The van der Waals surface area contributed by atoms with Crippen molar-refractivity contribution in [2.24, 2.45) is 0 Å². The second-order valence-electron chi connectivity index (χ2n) is 5.73. The van der Waals surface area contributed by atoms with E-state index in [2.05, 4.69) is 10.3 Å². The number of alkyl halides is 3. The van der Waals surface area contributed by atoms with Gasteiger partial charge >= 0.3 is 6.18 Å². The lowest BCUT2D eigenvalue weighted by atomic mass is 10.2. The topological polar surface area (TPSA) is 76.1 Å². The van der Waals surface area contributed by atoms with E-state index in [1.54, 1.807) is 6.07 Å². The zero-order chi connectivity index (χ0) is 18.9. The molecule has 5 nitrogen and oxygen atoms in total. The standard InChI is InChI=1S/C16H15F3N2O3S/c1-15(2,14(22)21-12-4-3-9-20-10-12)25(23,24)13-7-5-11(6-8-13)16(17,18)19/h3-10H,1-2H3,(H,21,22). The molecule has 0 aliphatic rings. The molecule has 0 saturated heterocycles. The molecule has 134 valence electrons. The van der Waals surface area contributed by atoms with Crippen LogP contribution >= 0.6 is 0 Å². The molecule has 0 radical (unpaired) electrons. The first-order chi connectivity index (χ1) is 11.5. The van der Waals surface area contributed by atoms with E-state index in [1.165, 1.54) is 32.3 Å². The number of nitrogens with zero attached hydrogens (tertiary/aromatic N) is 1. The normalized spacial score (nSPS) is 12.7. The lowest BCUT2D eigenvalue weighted by molar-refractivity contribution is -0.137. The maximum Gasteiger partial charge on any atom is 0.416 e. The summed E-state index contributed by atoms with van der Waals surface area (Å²) in [5.41, 5.74) is -0.660. The van der Waals surface area contributed by atoms with E-state index in [-0.39, 0.29) is 4.90 Å². The average molecular weight is 372 g/mol. The number of rotatable bonds is 4. The fourth-order valence-electron chi connectivity index (χ4n) is 1.96. The zero-order valence-corrected chi connectivity index (χ0v) is 14.1. The Kier molecular flexibility index (Phi) is 4.90. The van der Waals surface area contributed by atoms with Gasteiger partial charge in [-0.25, -0.2) is 8.42 Å². The van der Waals surface area contributed by atoms with Crippen molar-refractivity contribution in [1.29, 1.82) is 0 Å². The van der Waals surface area contributed by atoms with Crippen molar-refractivity contribution in [2.75, 3.05) is 5.32 Å². The zero-order valence-electron chi connectivity index (χ0n) is 13.3. The van der Waals surface area contributed by atoms with Crippen LogP contribution < -0.4 is 5.32 Å². The van der Waals surface area contributed by atoms with Crippen LogP contribution in [0.25, 0.3) is 0 Å². The highest BCUT2D eigenvalue weighted by Gasteiger charge is 2.43. The van der Waals surface area contributed by atoms with Gasteiger partial charge in [-0.05, 0) is 50.2 Å². The Morgan fingerprint density at radius 1 is 1.08 bits per heavy atom. The van der Waals surface area contributed by atoms with Crippen LogP contribution in [0.4, 0.5) is 18.9 Å². The first kappa shape index (κ1) is 18.9. The molecule has 0 saturated carbocycles. The second kappa shape index (κ2) is 6.47. The fourth-order valence-corrected chi connectivity index (χ4v) is 3.34. The number of amides is 1. The SMILES string of the molecule is CC(C)(C(=O)Nc1cccnc1)S(=O)(=O)c1ccc(C(F)(F)F)cc1. The lowest BCUT2D eigenvalue weighted by Crippen LogP contribution is -2.44. The molecule has 0 aliphatic heterocycles. The molecule has 1 heterocycles. The van der Waals surface area contributed by atoms with Gasteiger partial charge in [0.1, 0.15) is 4.75 Å². The number of nitrogens with one attached hydrogen (secondary N) is 1. The van der Waals surface area contributed by atoms with E-state index in [0.29, 0.717) is 17.8 Å². The van der Waals surface area contributed by atoms with Crippen molar-refractivity contribution in [1.82, 2.24) is 4.98 Å². The summed E-state index contributed by atoms with van der Waals surface area (Å²) < 4.78 is 61.3. The Morgan fingerprint density at radius 3 is 2.16 bits per heavy atom. The van der Waals surface area contributed by atoms with E-state index in [1.807, 2.05) is 0 Å². The molecule has 1 N–H and O–H groups in total. The Bertz CT molecular complexity index is 862. The Morgan fingerprint density at radius 2 is 1.68 bits per heavy atom. The van der Waals surface area contributed by atoms with Gasteiger partial charge in [0.15, 0.2) is 9.84 Å². The number of carbonyl (C=O) groups is 1. The number of hydrogen-bond donors (Lipinski definition) is 1. The molecule has 25 heavy (non-hydrogen) atoms. The summed E-state index contributed by atoms with van der Waals surface area (Å²) in [6.45, 7) is 2.37. The van der Waals surface area contributed by atoms with Crippen molar-refractivity contribution >= 4 is 21.4 Å². The molecule has 1 amide bonds. The summed E-state index contributed by atoms with van der Waals surface area (Å²) in [4.78, 5) is 15.8. The highest BCUT2D eigenvalue weighted by molar-refractivity contribution is 7.93. The van der Waals surface area contributed by atoms with Crippen LogP contribution in [-0.2, 0) is 20.8 Å². The molecule has 0 bridgehead atoms. The molecule has 0 fully saturated rings. The summed E-state index contributed by atoms with van der Waals surface area (Å²) in [5.74, 6) is -0.819. The van der Waals surface area contributed by atoms with Crippen molar-refractivity contribution in [3.63, 3.8) is 0 Å². The van der Waals surface area contributed by atoms with Crippen LogP contribution in [0.3, 0.4) is 0 Å². The number of aromatic nitrogens is 1. The third-order valence-electron chi connectivity index (χ3n) is 3.63. The maximum absolute atomic E-state index is 12.7. The predicted octanol–water partition coefficient (Wildman–Crippen LogP) is 3.29. The molecule has 0 aliphatic carbocycles. The minimum Gasteiger partial charge on any atom is -0.323 e. The second-order valence-corrected chi connectivity index (χ2v) is 8.23. The third-order valence-corrected chi connectivity index (χ3v) is 6.05. The Balaban J connectivity index is 2.31. The average Bonchev–Trinajstić information content (AvgIpc) is 2.55. The summed E-state index contributed by atoms with van der Waals surface area (Å²) in [6.07, 6.45) is -1.74. The molecule has 1 aromatic heterocycles. The molecule has 0 atom stereocenters. The van der Waals surface area contributed by atoms with Crippen LogP contribution in [0.15, 0.2) is 53.7 Å². The largest absolute Gasteiger partial charge is 0.416 e. The van der Waals surface area contributed by atoms with Gasteiger partial charge < -0.3 is 5.32 Å². The highest BCUT2D eigenvalue weighted by Crippen LogP contribution is 2.32. The quantitative estimate of drug-likeness (QED) is 0.894. The number of halogens is 3. The smallest absolute Gasteiger partial charge is 0.323 e. The molecule has 0 spiro atoms. The molecule has 1 aromatic carbocycles. The Hall–Kier alpha value is -2.42. The minimum atomic E-state index is -4.57. The monoisotopic (exact) mass is 372 g/mol. The van der Waals surface area contributed by atoms with Gasteiger partial charge in [-0.2, -0.15) is 13.2 Å². The first-order valence-electron chi connectivity index (χ1n) is 7.09. The van der Waals surface area contributed by atoms with Crippen LogP contribution in [0.5, 0.6) is 0 Å². The van der Waals surface area contributed by atoms with E-state index in [9.17, 15) is 26.4 Å². The first-order valence-corrected chi connectivity index (χ1v) is 8.58. The maximum atomic E-state index is 12.7. The predicted molar refractivity (Wildman–Crippen MR) is 85.6 cm³/mol. The number of pyridine rings is 1. The molecule has 9 heteroatoms. The fraction of sp³-hybridized carbons (Fsp3) is 0.250. The molecular weight excluding hydrogens is 357 g/mol. The molecule has 0 unspecified atom stereocenters. The summed E-state index contributed by atoms with van der Waals surface area (Å²) >= 11 is 0. The van der Waals surface area contributed by atoms with E-state index in [4.69, 9.17) is 0 Å².